The van der Waals surface area contributed by atoms with Gasteiger partial charge in [0.1, 0.15) is 5.60 Å². The molecule has 2 aliphatic rings. The lowest BCUT2D eigenvalue weighted by Gasteiger charge is -2.55. The van der Waals surface area contributed by atoms with E-state index < -0.39 is 0 Å². The number of aliphatic hydroxyl groups excluding tert-OH is 2. The minimum atomic E-state index is -0.307. The van der Waals surface area contributed by atoms with Gasteiger partial charge in [-0.2, -0.15) is 0 Å². The lowest BCUT2D eigenvalue weighted by molar-refractivity contribution is -0.138. The molecule has 0 bridgehead atoms. The fraction of sp³-hybridized carbons (Fsp3) is 0.667. The van der Waals surface area contributed by atoms with Crippen LogP contribution in [0.5, 0.6) is 11.5 Å². The highest BCUT2D eigenvalue weighted by atomic mass is 16.5. The molecule has 22 heavy (non-hydrogen) atoms. The summed E-state index contributed by atoms with van der Waals surface area (Å²) in [6.45, 7) is 6.38. The highest BCUT2D eigenvalue weighted by Crippen LogP contribution is 2.54. The summed E-state index contributed by atoms with van der Waals surface area (Å²) < 4.78 is 11.9. The van der Waals surface area contributed by atoms with Crippen LogP contribution >= 0.6 is 0 Å². The van der Waals surface area contributed by atoms with Crippen LogP contribution in [-0.4, -0.2) is 29.0 Å². The van der Waals surface area contributed by atoms with Crippen molar-refractivity contribution in [2.75, 3.05) is 7.11 Å². The molecular formula is C18H26O4. The zero-order valence-electron chi connectivity index (χ0n) is 13.8. The highest BCUT2D eigenvalue weighted by Gasteiger charge is 2.54. The Hall–Kier alpha value is -1.26. The number of benzene rings is 1. The second-order valence-electron chi connectivity index (χ2n) is 7.49. The van der Waals surface area contributed by atoms with Gasteiger partial charge < -0.3 is 19.7 Å². The molecule has 3 rings (SSSR count). The fourth-order valence-corrected chi connectivity index (χ4v) is 4.28. The van der Waals surface area contributed by atoms with E-state index in [1.54, 1.807) is 7.11 Å². The second kappa shape index (κ2) is 5.14. The molecule has 1 aliphatic heterocycles. The lowest BCUT2D eigenvalue weighted by Crippen LogP contribution is -2.58. The summed E-state index contributed by atoms with van der Waals surface area (Å²) in [6, 6.07) is 3.83. The van der Waals surface area contributed by atoms with E-state index >= 15 is 0 Å². The number of hydrogen-bond acceptors (Lipinski definition) is 4. The first-order valence-electron chi connectivity index (χ1n) is 7.99. The molecule has 4 nitrogen and oxygen atoms in total. The molecule has 1 aromatic carbocycles. The summed E-state index contributed by atoms with van der Waals surface area (Å²) in [7, 11) is 1.63. The van der Waals surface area contributed by atoms with Crippen molar-refractivity contribution in [2.24, 2.45) is 11.3 Å². The van der Waals surface area contributed by atoms with Gasteiger partial charge >= 0.3 is 0 Å². The van der Waals surface area contributed by atoms with Gasteiger partial charge in [-0.25, -0.2) is 0 Å². The molecule has 1 aromatic rings. The Morgan fingerprint density at radius 3 is 2.68 bits per heavy atom. The van der Waals surface area contributed by atoms with Gasteiger partial charge in [0.15, 0.2) is 11.5 Å². The summed E-state index contributed by atoms with van der Waals surface area (Å²) >= 11 is 0. The number of methoxy groups -OCH3 is 1. The van der Waals surface area contributed by atoms with Gasteiger partial charge in [-0.05, 0) is 54.9 Å². The molecular weight excluding hydrogens is 280 g/mol. The van der Waals surface area contributed by atoms with Gasteiger partial charge in [-0.15, -0.1) is 0 Å². The molecule has 1 aliphatic carbocycles. The molecule has 122 valence electrons. The Labute approximate surface area is 132 Å². The van der Waals surface area contributed by atoms with Crippen molar-refractivity contribution in [3.8, 4) is 11.5 Å². The molecule has 1 heterocycles. The number of aliphatic hydroxyl groups is 2. The van der Waals surface area contributed by atoms with Crippen molar-refractivity contribution in [3.63, 3.8) is 0 Å². The van der Waals surface area contributed by atoms with Gasteiger partial charge in [0, 0.05) is 5.92 Å². The second-order valence-corrected chi connectivity index (χ2v) is 7.49. The molecule has 1 fully saturated rings. The van der Waals surface area contributed by atoms with E-state index in [1.807, 2.05) is 12.1 Å². The summed E-state index contributed by atoms with van der Waals surface area (Å²) in [4.78, 5) is 0. The molecule has 0 aromatic heterocycles. The SMILES string of the molecule is COc1cc(CO)cc2c1O[C@]1(C)CC[C@@H](O)C(C)(C)[C@H]1C2. The zero-order chi connectivity index (χ0) is 16.1. The van der Waals surface area contributed by atoms with Gasteiger partial charge in [-0.3, -0.25) is 0 Å². The standard InChI is InChI=1S/C18H26O4/c1-17(2)14-9-12-7-11(10-19)8-13(21-4)16(12)22-18(14,3)6-5-15(17)20/h7-8,14-15,19-20H,5-6,9-10H2,1-4H3/t14-,15-,18-/m1/s1. The molecule has 2 N–H and O–H groups in total. The lowest BCUT2D eigenvalue weighted by atomic mass is 9.57. The Balaban J connectivity index is 2.08. The predicted molar refractivity (Wildman–Crippen MR) is 84.2 cm³/mol. The Bertz CT molecular complexity index is 581. The maximum Gasteiger partial charge on any atom is 0.165 e. The van der Waals surface area contributed by atoms with Crippen LogP contribution in [0, 0.1) is 11.3 Å². The van der Waals surface area contributed by atoms with Gasteiger partial charge in [0.05, 0.1) is 19.8 Å². The normalized spacial score (nSPS) is 32.6. The van der Waals surface area contributed by atoms with E-state index in [0.29, 0.717) is 5.75 Å². The maximum absolute atomic E-state index is 10.4. The zero-order valence-corrected chi connectivity index (χ0v) is 13.8. The molecule has 0 unspecified atom stereocenters. The van der Waals surface area contributed by atoms with Crippen LogP contribution in [0.3, 0.4) is 0 Å². The molecule has 0 spiro atoms. The topological polar surface area (TPSA) is 58.9 Å². The van der Waals surface area contributed by atoms with Crippen LogP contribution in [0.4, 0.5) is 0 Å². The van der Waals surface area contributed by atoms with Crippen molar-refractivity contribution >= 4 is 0 Å². The quantitative estimate of drug-likeness (QED) is 0.882. The van der Waals surface area contributed by atoms with Crippen molar-refractivity contribution < 1.29 is 19.7 Å². The highest BCUT2D eigenvalue weighted by molar-refractivity contribution is 5.51. The van der Waals surface area contributed by atoms with Gasteiger partial charge in [0.25, 0.3) is 0 Å². The number of rotatable bonds is 2. The van der Waals surface area contributed by atoms with Gasteiger partial charge in [0.2, 0.25) is 0 Å². The number of fused-ring (bicyclic) bond motifs is 2. The fourth-order valence-electron chi connectivity index (χ4n) is 4.28. The number of hydrogen-bond donors (Lipinski definition) is 2. The maximum atomic E-state index is 10.4. The van der Waals surface area contributed by atoms with E-state index in [2.05, 4.69) is 20.8 Å². The van der Waals surface area contributed by atoms with Crippen molar-refractivity contribution in [2.45, 2.75) is 58.3 Å². The van der Waals surface area contributed by atoms with E-state index in [0.717, 1.165) is 36.1 Å². The van der Waals surface area contributed by atoms with E-state index in [9.17, 15) is 10.2 Å². The first-order chi connectivity index (χ1) is 10.3. The van der Waals surface area contributed by atoms with Crippen molar-refractivity contribution in [1.29, 1.82) is 0 Å². The molecule has 3 atom stereocenters. The minimum Gasteiger partial charge on any atom is -0.493 e. The smallest absolute Gasteiger partial charge is 0.165 e. The molecule has 0 amide bonds. The van der Waals surface area contributed by atoms with Crippen molar-refractivity contribution in [3.05, 3.63) is 23.3 Å². The molecule has 0 saturated heterocycles. The van der Waals surface area contributed by atoms with Crippen LogP contribution in [0.2, 0.25) is 0 Å². The third-order valence-corrected chi connectivity index (χ3v) is 5.76. The third kappa shape index (κ3) is 2.20. The average Bonchev–Trinajstić information content (AvgIpc) is 2.49. The third-order valence-electron chi connectivity index (χ3n) is 5.76. The first-order valence-corrected chi connectivity index (χ1v) is 7.99. The summed E-state index contributed by atoms with van der Waals surface area (Å²) in [5.41, 5.74) is 1.40. The molecule has 1 saturated carbocycles. The van der Waals surface area contributed by atoms with Crippen LogP contribution < -0.4 is 9.47 Å². The number of ether oxygens (including phenoxy) is 2. The molecule has 4 heteroatoms. The van der Waals surface area contributed by atoms with Gasteiger partial charge in [-0.1, -0.05) is 13.8 Å². The molecule has 0 radical (unpaired) electrons. The van der Waals surface area contributed by atoms with Crippen LogP contribution in [0.25, 0.3) is 0 Å². The van der Waals surface area contributed by atoms with Crippen LogP contribution in [-0.2, 0) is 13.0 Å². The summed E-state index contributed by atoms with van der Waals surface area (Å²) in [6.07, 6.45) is 2.12. The largest absolute Gasteiger partial charge is 0.493 e. The minimum absolute atomic E-state index is 0.0163. The Morgan fingerprint density at radius 2 is 2.05 bits per heavy atom. The Kier molecular flexibility index (Phi) is 3.65. The Morgan fingerprint density at radius 1 is 1.32 bits per heavy atom. The van der Waals surface area contributed by atoms with Crippen molar-refractivity contribution in [1.82, 2.24) is 0 Å². The summed E-state index contributed by atoms with van der Waals surface area (Å²) in [5, 5.41) is 19.9. The first kappa shape index (κ1) is 15.6. The monoisotopic (exact) mass is 306 g/mol. The summed E-state index contributed by atoms with van der Waals surface area (Å²) in [5.74, 6) is 1.71. The van der Waals surface area contributed by atoms with Crippen LogP contribution in [0.15, 0.2) is 12.1 Å². The van der Waals surface area contributed by atoms with E-state index in [1.165, 1.54) is 0 Å². The average molecular weight is 306 g/mol. The predicted octanol–water partition coefficient (Wildman–Crippen LogP) is 2.68. The van der Waals surface area contributed by atoms with E-state index in [4.69, 9.17) is 9.47 Å². The van der Waals surface area contributed by atoms with Crippen LogP contribution in [0.1, 0.15) is 44.7 Å². The van der Waals surface area contributed by atoms with E-state index in [-0.39, 0.29) is 29.6 Å².